The van der Waals surface area contributed by atoms with Crippen LogP contribution in [-0.2, 0) is 10.0 Å². The van der Waals surface area contributed by atoms with Gasteiger partial charge >= 0.3 is 0 Å². The van der Waals surface area contributed by atoms with Crippen LogP contribution in [0.25, 0.3) is 0 Å². The fourth-order valence-electron chi connectivity index (χ4n) is 1.40. The first-order chi connectivity index (χ1) is 7.86. The summed E-state index contributed by atoms with van der Waals surface area (Å²) >= 11 is 0. The maximum absolute atomic E-state index is 11.9. The molecule has 6 heteroatoms. The molecule has 0 radical (unpaired) electrons. The fourth-order valence-corrected chi connectivity index (χ4v) is 2.70. The molecule has 0 fully saturated rings. The molecule has 1 aromatic rings. The summed E-state index contributed by atoms with van der Waals surface area (Å²) in [5.41, 5.74) is 6.67. The Balaban J connectivity index is 2.90. The maximum atomic E-state index is 11.9. The zero-order chi connectivity index (χ0) is 13.1. The average molecular weight is 258 g/mol. The van der Waals surface area contributed by atoms with Crippen molar-refractivity contribution >= 4 is 15.7 Å². The standard InChI is InChI=1S/C11H18N2O3S/c1-3-10(14)7-13-17(15,16)11-5-4-9(12)6-8(11)2/h4-6,10,13-14H,3,7,12H2,1-2H3. The van der Waals surface area contributed by atoms with Crippen molar-refractivity contribution in [2.75, 3.05) is 12.3 Å². The number of nitrogens with two attached hydrogens (primary N) is 1. The van der Waals surface area contributed by atoms with Crippen LogP contribution in [0.4, 0.5) is 5.69 Å². The molecular formula is C11H18N2O3S. The molecule has 96 valence electrons. The van der Waals surface area contributed by atoms with Crippen LogP contribution in [0.2, 0.25) is 0 Å². The van der Waals surface area contributed by atoms with Crippen LogP contribution in [0.3, 0.4) is 0 Å². The third-order valence-electron chi connectivity index (χ3n) is 2.47. The molecule has 0 saturated heterocycles. The van der Waals surface area contributed by atoms with E-state index in [0.29, 0.717) is 17.7 Å². The number of aliphatic hydroxyl groups is 1. The summed E-state index contributed by atoms with van der Waals surface area (Å²) in [6.45, 7) is 3.48. The minimum absolute atomic E-state index is 0.0165. The van der Waals surface area contributed by atoms with Gasteiger partial charge in [0.25, 0.3) is 0 Å². The molecule has 0 spiro atoms. The largest absolute Gasteiger partial charge is 0.399 e. The van der Waals surface area contributed by atoms with E-state index in [9.17, 15) is 13.5 Å². The van der Waals surface area contributed by atoms with E-state index in [1.807, 2.05) is 0 Å². The Hall–Kier alpha value is -1.11. The normalized spacial score (nSPS) is 13.6. The monoisotopic (exact) mass is 258 g/mol. The number of nitrogens with one attached hydrogen (secondary N) is 1. The topological polar surface area (TPSA) is 92.4 Å². The first kappa shape index (κ1) is 14.0. The molecule has 5 nitrogen and oxygen atoms in total. The Labute approximate surface area is 102 Å². The van der Waals surface area contributed by atoms with Gasteiger partial charge in [-0.2, -0.15) is 0 Å². The Morgan fingerprint density at radius 1 is 1.47 bits per heavy atom. The third kappa shape index (κ3) is 3.69. The van der Waals surface area contributed by atoms with Crippen LogP contribution in [0.15, 0.2) is 23.1 Å². The number of aryl methyl sites for hydroxylation is 1. The van der Waals surface area contributed by atoms with E-state index in [1.165, 1.54) is 12.1 Å². The van der Waals surface area contributed by atoms with E-state index in [1.54, 1.807) is 19.9 Å². The van der Waals surface area contributed by atoms with E-state index >= 15 is 0 Å². The van der Waals surface area contributed by atoms with Crippen LogP contribution >= 0.6 is 0 Å². The second-order valence-corrected chi connectivity index (χ2v) is 5.67. The quantitative estimate of drug-likeness (QED) is 0.675. The smallest absolute Gasteiger partial charge is 0.240 e. The van der Waals surface area contributed by atoms with Crippen molar-refractivity contribution in [3.8, 4) is 0 Å². The zero-order valence-corrected chi connectivity index (χ0v) is 10.8. The minimum atomic E-state index is -3.58. The SMILES string of the molecule is CCC(O)CNS(=O)(=O)c1ccc(N)cc1C. The van der Waals surface area contributed by atoms with Crippen molar-refractivity contribution in [1.29, 1.82) is 0 Å². The molecule has 0 aromatic heterocycles. The van der Waals surface area contributed by atoms with Crippen molar-refractivity contribution in [3.05, 3.63) is 23.8 Å². The van der Waals surface area contributed by atoms with Gasteiger partial charge < -0.3 is 10.8 Å². The van der Waals surface area contributed by atoms with Crippen LogP contribution in [0, 0.1) is 6.92 Å². The number of benzene rings is 1. The first-order valence-corrected chi connectivity index (χ1v) is 6.89. The van der Waals surface area contributed by atoms with Crippen molar-refractivity contribution in [3.63, 3.8) is 0 Å². The summed E-state index contributed by atoms with van der Waals surface area (Å²) in [5, 5.41) is 9.33. The lowest BCUT2D eigenvalue weighted by Gasteiger charge is -2.12. The van der Waals surface area contributed by atoms with Crippen LogP contribution in [0.5, 0.6) is 0 Å². The number of hydrogen-bond acceptors (Lipinski definition) is 4. The Bertz CT molecular complexity index is 485. The van der Waals surface area contributed by atoms with Gasteiger partial charge in [-0.25, -0.2) is 13.1 Å². The molecular weight excluding hydrogens is 240 g/mol. The lowest BCUT2D eigenvalue weighted by molar-refractivity contribution is 0.174. The second-order valence-electron chi connectivity index (χ2n) is 3.94. The molecule has 0 aliphatic carbocycles. The lowest BCUT2D eigenvalue weighted by atomic mass is 10.2. The van der Waals surface area contributed by atoms with E-state index in [0.717, 1.165) is 0 Å². The van der Waals surface area contributed by atoms with Crippen LogP contribution in [0.1, 0.15) is 18.9 Å². The Morgan fingerprint density at radius 3 is 2.65 bits per heavy atom. The number of anilines is 1. The Morgan fingerprint density at radius 2 is 2.12 bits per heavy atom. The van der Waals surface area contributed by atoms with Crippen LogP contribution < -0.4 is 10.5 Å². The second kappa shape index (κ2) is 5.48. The molecule has 1 unspecified atom stereocenters. The van der Waals surface area contributed by atoms with Gasteiger partial charge in [0.1, 0.15) is 0 Å². The van der Waals surface area contributed by atoms with Gasteiger partial charge in [-0.1, -0.05) is 6.92 Å². The molecule has 1 aromatic carbocycles. The Kier molecular flexibility index (Phi) is 4.50. The number of aliphatic hydroxyl groups excluding tert-OH is 1. The highest BCUT2D eigenvalue weighted by atomic mass is 32.2. The highest BCUT2D eigenvalue weighted by Gasteiger charge is 2.17. The summed E-state index contributed by atoms with van der Waals surface area (Å²) in [6, 6.07) is 4.61. The molecule has 1 atom stereocenters. The molecule has 17 heavy (non-hydrogen) atoms. The maximum Gasteiger partial charge on any atom is 0.240 e. The van der Waals surface area contributed by atoms with Crippen molar-refractivity contribution in [1.82, 2.24) is 4.72 Å². The number of hydrogen-bond donors (Lipinski definition) is 3. The van der Waals surface area contributed by atoms with E-state index in [-0.39, 0.29) is 11.4 Å². The van der Waals surface area contributed by atoms with E-state index in [2.05, 4.69) is 4.72 Å². The van der Waals surface area contributed by atoms with Gasteiger partial charge in [0, 0.05) is 12.2 Å². The van der Waals surface area contributed by atoms with Crippen LogP contribution in [-0.4, -0.2) is 26.2 Å². The summed E-state index contributed by atoms with van der Waals surface area (Å²) in [5.74, 6) is 0. The van der Waals surface area contributed by atoms with Gasteiger partial charge in [-0.15, -0.1) is 0 Å². The highest BCUT2D eigenvalue weighted by Crippen LogP contribution is 2.17. The minimum Gasteiger partial charge on any atom is -0.399 e. The van der Waals surface area contributed by atoms with E-state index < -0.39 is 16.1 Å². The number of sulfonamides is 1. The summed E-state index contributed by atoms with van der Waals surface area (Å²) in [4.78, 5) is 0.190. The van der Waals surface area contributed by atoms with Crippen molar-refractivity contribution < 1.29 is 13.5 Å². The molecule has 1 rings (SSSR count). The molecule has 4 N–H and O–H groups in total. The van der Waals surface area contributed by atoms with Crippen molar-refractivity contribution in [2.24, 2.45) is 0 Å². The summed E-state index contributed by atoms with van der Waals surface area (Å²) < 4.78 is 26.2. The zero-order valence-electron chi connectivity index (χ0n) is 9.97. The van der Waals surface area contributed by atoms with Gasteiger partial charge in [-0.05, 0) is 37.1 Å². The van der Waals surface area contributed by atoms with Crippen molar-refractivity contribution in [2.45, 2.75) is 31.3 Å². The molecule has 0 aliphatic heterocycles. The highest BCUT2D eigenvalue weighted by molar-refractivity contribution is 7.89. The molecule has 0 heterocycles. The number of rotatable bonds is 5. The number of nitrogen functional groups attached to an aromatic ring is 1. The van der Waals surface area contributed by atoms with Gasteiger partial charge in [0.05, 0.1) is 11.0 Å². The predicted molar refractivity (Wildman–Crippen MR) is 67.1 cm³/mol. The van der Waals surface area contributed by atoms with E-state index in [4.69, 9.17) is 5.73 Å². The molecule has 0 aliphatic rings. The predicted octanol–water partition coefficient (Wildman–Crippen LogP) is 0.626. The lowest BCUT2D eigenvalue weighted by Crippen LogP contribution is -2.32. The van der Waals surface area contributed by atoms with Gasteiger partial charge in [0.2, 0.25) is 10.0 Å². The fraction of sp³-hybridized carbons (Fsp3) is 0.455. The summed E-state index contributed by atoms with van der Waals surface area (Å²) in [7, 11) is -3.58. The first-order valence-electron chi connectivity index (χ1n) is 5.40. The third-order valence-corrected chi connectivity index (χ3v) is 4.05. The molecule has 0 amide bonds. The van der Waals surface area contributed by atoms with Gasteiger partial charge in [0.15, 0.2) is 0 Å². The summed E-state index contributed by atoms with van der Waals surface area (Å²) in [6.07, 6.45) is -0.165. The van der Waals surface area contributed by atoms with Gasteiger partial charge in [-0.3, -0.25) is 0 Å². The average Bonchev–Trinajstić information content (AvgIpc) is 2.25. The molecule has 0 saturated carbocycles. The molecule has 0 bridgehead atoms.